The van der Waals surface area contributed by atoms with E-state index in [1.165, 1.54) is 25.7 Å². The van der Waals surface area contributed by atoms with Gasteiger partial charge < -0.3 is 20.5 Å². The lowest BCUT2D eigenvalue weighted by atomic mass is 9.71. The Balaban J connectivity index is 2.30. The van der Waals surface area contributed by atoms with Crippen LogP contribution in [0.2, 0.25) is 0 Å². The summed E-state index contributed by atoms with van der Waals surface area (Å²) < 4.78 is 10.5. The largest absolute Gasteiger partial charge is 0.382 e. The van der Waals surface area contributed by atoms with Crippen LogP contribution in [0.5, 0.6) is 0 Å². The van der Waals surface area contributed by atoms with Crippen molar-refractivity contribution in [2.24, 2.45) is 17.1 Å². The van der Waals surface area contributed by atoms with Gasteiger partial charge in [-0.3, -0.25) is 0 Å². The molecular weight excluding hydrogens is 228 g/mol. The summed E-state index contributed by atoms with van der Waals surface area (Å²) in [6, 6.07) is 0. The summed E-state index contributed by atoms with van der Waals surface area (Å²) in [5.41, 5.74) is 6.30. The first-order chi connectivity index (χ1) is 8.65. The average Bonchev–Trinajstić information content (AvgIpc) is 2.40. The summed E-state index contributed by atoms with van der Waals surface area (Å²) in [7, 11) is 3.43. The molecule has 1 unspecified atom stereocenters. The number of ether oxygens (including phenoxy) is 2. The third kappa shape index (κ3) is 4.84. The predicted octanol–water partition coefficient (Wildman–Crippen LogP) is 1.39. The second-order valence-corrected chi connectivity index (χ2v) is 5.83. The molecule has 0 aromatic heterocycles. The number of hydrogen-bond donors (Lipinski definition) is 2. The minimum absolute atomic E-state index is 0.132. The molecule has 0 heterocycles. The Morgan fingerprint density at radius 3 is 2.50 bits per heavy atom. The van der Waals surface area contributed by atoms with Crippen molar-refractivity contribution in [1.82, 2.24) is 5.32 Å². The summed E-state index contributed by atoms with van der Waals surface area (Å²) in [5, 5.41) is 3.51. The van der Waals surface area contributed by atoms with Crippen LogP contribution in [-0.2, 0) is 9.47 Å². The van der Waals surface area contributed by atoms with E-state index in [1.54, 1.807) is 14.2 Å². The van der Waals surface area contributed by atoms with E-state index in [1.807, 2.05) is 0 Å². The van der Waals surface area contributed by atoms with Crippen LogP contribution < -0.4 is 11.1 Å². The molecule has 0 bridgehead atoms. The second kappa shape index (κ2) is 8.10. The van der Waals surface area contributed by atoms with Crippen molar-refractivity contribution in [3.8, 4) is 0 Å². The standard InChI is InChI=1S/C14H30N2O2/c1-12-4-6-14(10-15,7-5-12)11-16-8-13(18-3)9-17-2/h12-13,16H,4-11,15H2,1-3H3. The lowest BCUT2D eigenvalue weighted by Gasteiger charge is -2.39. The molecule has 1 atom stereocenters. The summed E-state index contributed by atoms with van der Waals surface area (Å²) in [4.78, 5) is 0. The molecule has 1 rings (SSSR count). The maximum atomic E-state index is 6.00. The summed E-state index contributed by atoms with van der Waals surface area (Å²) in [5.74, 6) is 0.866. The smallest absolute Gasteiger partial charge is 0.0928 e. The molecular formula is C14H30N2O2. The first-order valence-corrected chi connectivity index (χ1v) is 7.08. The molecule has 1 fully saturated rings. The monoisotopic (exact) mass is 258 g/mol. The molecule has 1 saturated carbocycles. The average molecular weight is 258 g/mol. The molecule has 0 radical (unpaired) electrons. The molecule has 0 spiro atoms. The van der Waals surface area contributed by atoms with Crippen molar-refractivity contribution >= 4 is 0 Å². The lowest BCUT2D eigenvalue weighted by Crippen LogP contribution is -2.45. The predicted molar refractivity (Wildman–Crippen MR) is 74.7 cm³/mol. The van der Waals surface area contributed by atoms with Crippen LogP contribution in [0.3, 0.4) is 0 Å². The van der Waals surface area contributed by atoms with Crippen molar-refractivity contribution in [3.05, 3.63) is 0 Å². The van der Waals surface area contributed by atoms with Gasteiger partial charge in [-0.2, -0.15) is 0 Å². The summed E-state index contributed by atoms with van der Waals surface area (Å²) >= 11 is 0. The normalized spacial score (nSPS) is 30.3. The Hall–Kier alpha value is -0.160. The van der Waals surface area contributed by atoms with E-state index in [-0.39, 0.29) is 6.10 Å². The zero-order valence-corrected chi connectivity index (χ0v) is 12.2. The van der Waals surface area contributed by atoms with Crippen LogP contribution in [0, 0.1) is 11.3 Å². The molecule has 4 heteroatoms. The topological polar surface area (TPSA) is 56.5 Å². The fourth-order valence-corrected chi connectivity index (χ4v) is 2.72. The van der Waals surface area contributed by atoms with Gasteiger partial charge in [-0.15, -0.1) is 0 Å². The highest BCUT2D eigenvalue weighted by Crippen LogP contribution is 2.37. The van der Waals surface area contributed by atoms with Crippen LogP contribution in [0.25, 0.3) is 0 Å². The van der Waals surface area contributed by atoms with E-state index >= 15 is 0 Å². The van der Waals surface area contributed by atoms with E-state index in [0.29, 0.717) is 12.0 Å². The van der Waals surface area contributed by atoms with Gasteiger partial charge in [0.15, 0.2) is 0 Å². The minimum Gasteiger partial charge on any atom is -0.382 e. The number of nitrogens with two attached hydrogens (primary N) is 1. The molecule has 18 heavy (non-hydrogen) atoms. The number of rotatable bonds is 8. The quantitative estimate of drug-likeness (QED) is 0.691. The Morgan fingerprint density at radius 1 is 1.33 bits per heavy atom. The van der Waals surface area contributed by atoms with Gasteiger partial charge in [0.2, 0.25) is 0 Å². The molecule has 1 aliphatic rings. The molecule has 1 aliphatic carbocycles. The van der Waals surface area contributed by atoms with Gasteiger partial charge in [0.1, 0.15) is 0 Å². The molecule has 0 aliphatic heterocycles. The SMILES string of the molecule is COCC(CNCC1(CN)CCC(C)CC1)OC. The Morgan fingerprint density at radius 2 is 2.00 bits per heavy atom. The first-order valence-electron chi connectivity index (χ1n) is 7.08. The van der Waals surface area contributed by atoms with Crippen LogP contribution in [0.15, 0.2) is 0 Å². The summed E-state index contributed by atoms with van der Waals surface area (Å²) in [6.07, 6.45) is 5.25. The number of hydrogen-bond acceptors (Lipinski definition) is 4. The van der Waals surface area contributed by atoms with Gasteiger partial charge in [0.05, 0.1) is 12.7 Å². The molecule has 0 amide bonds. The maximum absolute atomic E-state index is 6.00. The van der Waals surface area contributed by atoms with Gasteiger partial charge in [-0.1, -0.05) is 19.8 Å². The fraction of sp³-hybridized carbons (Fsp3) is 1.00. The van der Waals surface area contributed by atoms with E-state index in [2.05, 4.69) is 12.2 Å². The Bertz CT molecular complexity index is 216. The summed E-state index contributed by atoms with van der Waals surface area (Å²) in [6.45, 7) is 5.60. The Kier molecular flexibility index (Phi) is 7.15. The van der Waals surface area contributed by atoms with Gasteiger partial charge in [-0.25, -0.2) is 0 Å². The van der Waals surface area contributed by atoms with Crippen molar-refractivity contribution in [1.29, 1.82) is 0 Å². The van der Waals surface area contributed by atoms with E-state index in [0.717, 1.165) is 25.6 Å². The molecule has 108 valence electrons. The van der Waals surface area contributed by atoms with Crippen LogP contribution in [0.4, 0.5) is 0 Å². The highest BCUT2D eigenvalue weighted by atomic mass is 16.5. The van der Waals surface area contributed by atoms with Gasteiger partial charge in [-0.05, 0) is 30.7 Å². The molecule has 0 aromatic carbocycles. The zero-order chi connectivity index (χ0) is 13.4. The van der Waals surface area contributed by atoms with E-state index < -0.39 is 0 Å². The maximum Gasteiger partial charge on any atom is 0.0928 e. The highest BCUT2D eigenvalue weighted by molar-refractivity contribution is 4.87. The zero-order valence-electron chi connectivity index (χ0n) is 12.2. The van der Waals surface area contributed by atoms with Gasteiger partial charge in [0, 0.05) is 27.3 Å². The first kappa shape index (κ1) is 15.9. The minimum atomic E-state index is 0.132. The Labute approximate surface area is 112 Å². The molecule has 0 saturated heterocycles. The van der Waals surface area contributed by atoms with Crippen molar-refractivity contribution in [2.45, 2.75) is 38.7 Å². The number of methoxy groups -OCH3 is 2. The highest BCUT2D eigenvalue weighted by Gasteiger charge is 2.32. The van der Waals surface area contributed by atoms with Crippen LogP contribution in [0.1, 0.15) is 32.6 Å². The van der Waals surface area contributed by atoms with Crippen LogP contribution >= 0.6 is 0 Å². The van der Waals surface area contributed by atoms with E-state index in [4.69, 9.17) is 15.2 Å². The molecule has 4 nitrogen and oxygen atoms in total. The third-order valence-electron chi connectivity index (χ3n) is 4.33. The number of nitrogens with one attached hydrogen (secondary N) is 1. The molecule has 3 N–H and O–H groups in total. The van der Waals surface area contributed by atoms with Gasteiger partial charge in [0.25, 0.3) is 0 Å². The van der Waals surface area contributed by atoms with Crippen molar-refractivity contribution < 1.29 is 9.47 Å². The molecule has 0 aromatic rings. The van der Waals surface area contributed by atoms with Crippen molar-refractivity contribution in [3.63, 3.8) is 0 Å². The van der Waals surface area contributed by atoms with E-state index in [9.17, 15) is 0 Å². The van der Waals surface area contributed by atoms with Crippen molar-refractivity contribution in [2.75, 3.05) is 40.5 Å². The second-order valence-electron chi connectivity index (χ2n) is 5.83. The van der Waals surface area contributed by atoms with Crippen LogP contribution in [-0.4, -0.2) is 46.6 Å². The lowest BCUT2D eigenvalue weighted by molar-refractivity contribution is 0.0261. The van der Waals surface area contributed by atoms with Gasteiger partial charge >= 0.3 is 0 Å². The fourth-order valence-electron chi connectivity index (χ4n) is 2.72. The third-order valence-corrected chi connectivity index (χ3v) is 4.33.